The van der Waals surface area contributed by atoms with E-state index in [1.54, 1.807) is 20.0 Å². The van der Waals surface area contributed by atoms with Crippen LogP contribution < -0.4 is 15.0 Å². The highest BCUT2D eigenvalue weighted by molar-refractivity contribution is 5.95. The lowest BCUT2D eigenvalue weighted by Crippen LogP contribution is -2.36. The van der Waals surface area contributed by atoms with Crippen molar-refractivity contribution in [1.29, 1.82) is 0 Å². The summed E-state index contributed by atoms with van der Waals surface area (Å²) in [6.07, 6.45) is 25.4. The molecule has 0 radical (unpaired) electrons. The highest BCUT2D eigenvalue weighted by atomic mass is 16.6. The van der Waals surface area contributed by atoms with Gasteiger partial charge in [-0.25, -0.2) is 0 Å². The van der Waals surface area contributed by atoms with Crippen LogP contribution in [0.2, 0.25) is 0 Å². The Morgan fingerprint density at radius 3 is 2.38 bits per heavy atom. The Kier molecular flexibility index (Phi) is 17.1. The van der Waals surface area contributed by atoms with Crippen molar-refractivity contribution < 1.29 is 24.2 Å². The number of carbonyl (C=O) groups is 2. The second-order valence-electron chi connectivity index (χ2n) is 10.8. The molecule has 3 rings (SSSR count). The zero-order chi connectivity index (χ0) is 32.6. The molecule has 1 aromatic rings. The van der Waals surface area contributed by atoms with E-state index in [9.17, 15) is 14.7 Å². The average Bonchev–Trinajstić information content (AvgIpc) is 3.67. The molecule has 1 fully saturated rings. The normalized spacial score (nSPS) is 27.8. The molecule has 2 amide bonds. The quantitative estimate of drug-likeness (QED) is 0.310. The number of phenols is 1. The molecule has 42 heavy (non-hydrogen) atoms. The number of hydrogen-bond donors (Lipinski definition) is 2. The second kappa shape index (κ2) is 18.7. The third kappa shape index (κ3) is 11.0. The third-order valence-corrected chi connectivity index (χ3v) is 7.71. The summed E-state index contributed by atoms with van der Waals surface area (Å²) < 4.78 is 11.5. The number of methoxy groups -OCH3 is 1. The van der Waals surface area contributed by atoms with Gasteiger partial charge in [0.05, 0.1) is 24.5 Å². The number of amides is 2. The summed E-state index contributed by atoms with van der Waals surface area (Å²) in [5.74, 6) is 0.825. The van der Waals surface area contributed by atoms with Gasteiger partial charge >= 0.3 is 0 Å². The van der Waals surface area contributed by atoms with Gasteiger partial charge in [0.1, 0.15) is 0 Å². The van der Waals surface area contributed by atoms with Crippen LogP contribution in [0.25, 0.3) is 0 Å². The Labute approximate surface area is 254 Å². The predicted octanol–water partition coefficient (Wildman–Crippen LogP) is 6.44. The molecule has 0 spiro atoms. The fourth-order valence-electron chi connectivity index (χ4n) is 5.26. The highest BCUT2D eigenvalue weighted by Gasteiger charge is 2.55. The van der Waals surface area contributed by atoms with E-state index >= 15 is 0 Å². The number of anilines is 1. The van der Waals surface area contributed by atoms with Gasteiger partial charge < -0.3 is 24.8 Å². The molecule has 0 saturated carbocycles. The Balaban J connectivity index is 0.00000263. The summed E-state index contributed by atoms with van der Waals surface area (Å²) >= 11 is 0. The molecule has 2 unspecified atom stereocenters. The zero-order valence-corrected chi connectivity index (χ0v) is 27.1. The van der Waals surface area contributed by atoms with Crippen molar-refractivity contribution in [2.75, 3.05) is 19.1 Å². The average molecular weight is 581 g/mol. The van der Waals surface area contributed by atoms with Gasteiger partial charge in [-0.05, 0) is 69.1 Å². The first-order valence-corrected chi connectivity index (χ1v) is 14.6. The van der Waals surface area contributed by atoms with Crippen LogP contribution in [0.5, 0.6) is 11.5 Å². The number of rotatable bonds is 2. The van der Waals surface area contributed by atoms with Crippen molar-refractivity contribution in [3.8, 4) is 37.2 Å². The summed E-state index contributed by atoms with van der Waals surface area (Å²) in [7, 11) is 3.20. The van der Waals surface area contributed by atoms with Gasteiger partial charge in [-0.2, -0.15) is 0 Å². The molecule has 232 valence electrons. The SMILES string of the molecule is C#C.C#C.CC.COc1cc2cc(c1O)N(C)C(=O)CC[C@]1(C)O[C@H]1[C@H](C)C(C)CC(NC(C)=O)C/C=C/C=C(\C)C2. The largest absolute Gasteiger partial charge is 0.503 e. The number of hydrogen-bond acceptors (Lipinski definition) is 5. The van der Waals surface area contributed by atoms with E-state index in [0.29, 0.717) is 36.6 Å². The zero-order valence-electron chi connectivity index (χ0n) is 27.1. The van der Waals surface area contributed by atoms with Crippen molar-refractivity contribution in [1.82, 2.24) is 5.32 Å². The maximum Gasteiger partial charge on any atom is 0.226 e. The summed E-state index contributed by atoms with van der Waals surface area (Å²) in [4.78, 5) is 26.5. The van der Waals surface area contributed by atoms with Crippen LogP contribution in [0, 0.1) is 37.5 Å². The van der Waals surface area contributed by atoms with E-state index in [0.717, 1.165) is 24.0 Å². The molecule has 1 saturated heterocycles. The Morgan fingerprint density at radius 2 is 1.81 bits per heavy atom. The molecular weight excluding hydrogens is 528 g/mol. The Bertz CT molecular complexity index is 1110. The standard InChI is InChI=1S/C29H42N2O5.C2H6.2C2H2/c1-18-10-8-9-11-23(30-21(4)32)15-19(2)20(3)28-29(5,36-28)13-12-26(33)31(6)24-16-22(14-18)17-25(35-7)27(24)34;3*1-2/h8-10,16-17,19-20,23,28,34H,11-15H2,1-7H3,(H,30,32);1-2H3;2*1-2H/b9-8+,18-10+;;;/t19?,20-,23?,28+,29+;;;/m1.../s1. The van der Waals surface area contributed by atoms with Gasteiger partial charge in [0.15, 0.2) is 11.5 Å². The van der Waals surface area contributed by atoms with Crippen molar-refractivity contribution in [2.24, 2.45) is 11.8 Å². The number of allylic oxidation sites excluding steroid dienone is 3. The summed E-state index contributed by atoms with van der Waals surface area (Å²) in [5, 5.41) is 13.9. The fraction of sp³-hybridized carbons (Fsp3) is 0.543. The number of epoxide rings is 1. The third-order valence-electron chi connectivity index (χ3n) is 7.71. The highest BCUT2D eigenvalue weighted by Crippen LogP contribution is 2.47. The number of aromatic hydroxyl groups is 1. The molecule has 1 aromatic carbocycles. The fourth-order valence-corrected chi connectivity index (χ4v) is 5.26. The van der Waals surface area contributed by atoms with E-state index in [-0.39, 0.29) is 41.2 Å². The van der Waals surface area contributed by atoms with Gasteiger partial charge in [-0.1, -0.05) is 51.5 Å². The first-order chi connectivity index (χ1) is 19.9. The van der Waals surface area contributed by atoms with Gasteiger partial charge in [0.2, 0.25) is 11.8 Å². The Hall–Kier alpha value is -3.68. The van der Waals surface area contributed by atoms with E-state index in [2.05, 4.69) is 63.9 Å². The predicted molar refractivity (Wildman–Crippen MR) is 173 cm³/mol. The van der Waals surface area contributed by atoms with Crippen LogP contribution in [0.3, 0.4) is 0 Å². The molecule has 2 aliphatic rings. The maximum atomic E-state index is 13.1. The van der Waals surface area contributed by atoms with Crippen LogP contribution in [0.4, 0.5) is 5.69 Å². The number of fused-ring (bicyclic) bond motifs is 3. The van der Waals surface area contributed by atoms with E-state index in [1.807, 2.05) is 32.9 Å². The lowest BCUT2D eigenvalue weighted by Gasteiger charge is -2.25. The molecule has 2 bridgehead atoms. The van der Waals surface area contributed by atoms with Crippen molar-refractivity contribution >= 4 is 17.5 Å². The summed E-state index contributed by atoms with van der Waals surface area (Å²) in [6, 6.07) is 3.70. The van der Waals surface area contributed by atoms with E-state index in [1.165, 1.54) is 12.0 Å². The topological polar surface area (TPSA) is 91.4 Å². The molecule has 0 aliphatic carbocycles. The van der Waals surface area contributed by atoms with Crippen molar-refractivity contribution in [3.63, 3.8) is 0 Å². The first kappa shape index (κ1) is 38.3. The van der Waals surface area contributed by atoms with Crippen molar-refractivity contribution in [3.05, 3.63) is 41.5 Å². The molecule has 2 aliphatic heterocycles. The van der Waals surface area contributed by atoms with E-state index in [4.69, 9.17) is 9.47 Å². The number of terminal acetylenes is 2. The molecule has 2 N–H and O–H groups in total. The van der Waals surface area contributed by atoms with Gasteiger partial charge in [0.25, 0.3) is 0 Å². The number of nitrogens with zero attached hydrogens (tertiary/aromatic N) is 1. The van der Waals surface area contributed by atoms with Crippen LogP contribution in [-0.4, -0.2) is 48.8 Å². The maximum absolute atomic E-state index is 13.1. The second-order valence-corrected chi connectivity index (χ2v) is 10.8. The van der Waals surface area contributed by atoms with E-state index < -0.39 is 0 Å². The van der Waals surface area contributed by atoms with Crippen LogP contribution in [0.1, 0.15) is 79.7 Å². The molecule has 2 heterocycles. The monoisotopic (exact) mass is 580 g/mol. The number of phenolic OH excluding ortho intramolecular Hbond substituents is 1. The number of ether oxygens (including phenoxy) is 2. The van der Waals surface area contributed by atoms with Crippen LogP contribution in [-0.2, 0) is 20.7 Å². The summed E-state index contributed by atoms with van der Waals surface area (Å²) in [5.41, 5.74) is 2.16. The lowest BCUT2D eigenvalue weighted by atomic mass is 9.82. The number of benzene rings is 1. The van der Waals surface area contributed by atoms with Crippen LogP contribution in [0.15, 0.2) is 35.9 Å². The molecular formula is C35H52N2O5. The first-order valence-electron chi connectivity index (χ1n) is 14.6. The smallest absolute Gasteiger partial charge is 0.226 e. The van der Waals surface area contributed by atoms with Crippen LogP contribution >= 0.6 is 0 Å². The summed E-state index contributed by atoms with van der Waals surface area (Å²) in [6.45, 7) is 14.1. The van der Waals surface area contributed by atoms with Gasteiger partial charge in [0, 0.05) is 26.4 Å². The molecule has 7 nitrogen and oxygen atoms in total. The molecule has 7 heteroatoms. The molecule has 5 atom stereocenters. The lowest BCUT2D eigenvalue weighted by molar-refractivity contribution is -0.120. The van der Waals surface area contributed by atoms with Crippen molar-refractivity contribution in [2.45, 2.75) is 98.3 Å². The minimum Gasteiger partial charge on any atom is -0.503 e. The minimum absolute atomic E-state index is 0.0226. The minimum atomic E-state index is -0.348. The molecule has 0 aromatic heterocycles. The van der Waals surface area contributed by atoms with Gasteiger partial charge in [-0.3, -0.25) is 9.59 Å². The Morgan fingerprint density at radius 1 is 1.19 bits per heavy atom. The number of nitrogens with one attached hydrogen (secondary N) is 1. The van der Waals surface area contributed by atoms with Gasteiger partial charge in [-0.15, -0.1) is 25.7 Å². The number of carbonyl (C=O) groups excluding carboxylic acids is 2.